The summed E-state index contributed by atoms with van der Waals surface area (Å²) in [5.41, 5.74) is 1.34. The quantitative estimate of drug-likeness (QED) is 0.419. The monoisotopic (exact) mass is 168 g/mol. The second kappa shape index (κ2) is 7.13. The summed E-state index contributed by atoms with van der Waals surface area (Å²) in [4.78, 5) is 0. The Morgan fingerprint density at radius 1 is 0.917 bits per heavy atom. The molecule has 0 radical (unpaired) electrons. The van der Waals surface area contributed by atoms with Crippen LogP contribution in [0.1, 0.15) is 5.56 Å². The van der Waals surface area contributed by atoms with Gasteiger partial charge in [0.25, 0.3) is 0 Å². The van der Waals surface area contributed by atoms with Crippen molar-refractivity contribution in [2.75, 3.05) is 0 Å². The van der Waals surface area contributed by atoms with Crippen molar-refractivity contribution in [1.82, 2.24) is 0 Å². The van der Waals surface area contributed by atoms with E-state index in [1.54, 1.807) is 0 Å². The van der Waals surface area contributed by atoms with Gasteiger partial charge < -0.3 is 0 Å². The Labute approximate surface area is 90.1 Å². The van der Waals surface area contributed by atoms with Gasteiger partial charge in [0.1, 0.15) is 0 Å². The molecule has 2 aromatic rings. The maximum Gasteiger partial charge on any atom is 2.00 e. The molecule has 0 aromatic heterocycles. The Morgan fingerprint density at radius 3 is 1.58 bits per heavy atom. The van der Waals surface area contributed by atoms with Crippen molar-refractivity contribution in [3.8, 4) is 0 Å². The van der Waals surface area contributed by atoms with Crippen LogP contribution in [0.3, 0.4) is 0 Å². The minimum Gasteiger partial charge on any atom is -0.214 e. The van der Waals surface area contributed by atoms with Gasteiger partial charge in [-0.25, -0.2) is 24.3 Å². The van der Waals surface area contributed by atoms with Gasteiger partial charge in [0.2, 0.25) is 0 Å². The first-order chi connectivity index (χ1) is 5.39. The molecule has 0 unspecified atom stereocenters. The molecule has 2 aromatic carbocycles. The molecular formula is C11H12Mg. The maximum absolute atomic E-state index is 2.08. The first-order valence-electron chi connectivity index (χ1n) is 3.74. The van der Waals surface area contributed by atoms with Gasteiger partial charge in [-0.1, -0.05) is 6.92 Å². The van der Waals surface area contributed by atoms with Crippen LogP contribution in [0.2, 0.25) is 0 Å². The molecule has 0 saturated heterocycles. The van der Waals surface area contributed by atoms with E-state index in [0.717, 1.165) is 0 Å². The second-order valence-corrected chi connectivity index (χ2v) is 2.42. The Bertz CT molecular complexity index is 223. The minimum absolute atomic E-state index is 0. The molecule has 0 spiro atoms. The fraction of sp³-hybridized carbons (Fsp3) is 0.0909. The largest absolute Gasteiger partial charge is 2.00 e. The first kappa shape index (κ1) is 11.5. The fourth-order valence-electron chi connectivity index (χ4n) is 0.791. The van der Waals surface area contributed by atoms with E-state index in [0.29, 0.717) is 0 Å². The summed E-state index contributed by atoms with van der Waals surface area (Å²) in [7, 11) is 0. The van der Waals surface area contributed by atoms with Gasteiger partial charge in [0.05, 0.1) is 0 Å². The Balaban J connectivity index is 0.000000189. The first-order valence-corrected chi connectivity index (χ1v) is 3.74. The minimum atomic E-state index is 0. The zero-order chi connectivity index (χ0) is 7.94. The maximum atomic E-state index is 2.08. The Kier molecular flexibility index (Phi) is 6.82. The van der Waals surface area contributed by atoms with Gasteiger partial charge in [-0.2, -0.15) is 35.9 Å². The predicted molar refractivity (Wildman–Crippen MR) is 54.6 cm³/mol. The van der Waals surface area contributed by atoms with Gasteiger partial charge in [0.15, 0.2) is 0 Å². The molecule has 0 heterocycles. The molecule has 0 aliphatic carbocycles. The smallest absolute Gasteiger partial charge is 0.214 e. The van der Waals surface area contributed by atoms with Crippen molar-refractivity contribution in [3.05, 3.63) is 60.2 Å². The van der Waals surface area contributed by atoms with Crippen LogP contribution < -0.4 is 0 Å². The van der Waals surface area contributed by atoms with Crippen molar-refractivity contribution >= 4 is 23.1 Å². The van der Waals surface area contributed by atoms with Crippen LogP contribution in [0.4, 0.5) is 0 Å². The summed E-state index contributed by atoms with van der Waals surface area (Å²) < 4.78 is 0. The van der Waals surface area contributed by atoms with E-state index < -0.39 is 0 Å². The molecule has 0 saturated carbocycles. The number of aryl methyl sites for hydroxylation is 1. The molecule has 58 valence electrons. The molecule has 0 nitrogen and oxygen atoms in total. The third-order valence-electron chi connectivity index (χ3n) is 1.38. The van der Waals surface area contributed by atoms with E-state index in [4.69, 9.17) is 0 Å². The normalized spacial score (nSPS) is 7.75. The van der Waals surface area contributed by atoms with Crippen molar-refractivity contribution in [2.45, 2.75) is 6.92 Å². The molecule has 0 fully saturated rings. The van der Waals surface area contributed by atoms with Crippen molar-refractivity contribution < 1.29 is 0 Å². The summed E-state index contributed by atoms with van der Waals surface area (Å²) in [5, 5.41) is 0. The van der Waals surface area contributed by atoms with Gasteiger partial charge in [-0.05, 0) is 0 Å². The predicted octanol–water partition coefficient (Wildman–Crippen LogP) is 2.74. The summed E-state index contributed by atoms with van der Waals surface area (Å²) in [6.45, 7) is 2.08. The van der Waals surface area contributed by atoms with Gasteiger partial charge in [-0.15, -0.1) is 0 Å². The molecule has 2 rings (SSSR count). The van der Waals surface area contributed by atoms with Crippen LogP contribution in [0, 0.1) is 6.92 Å². The molecule has 0 aliphatic heterocycles. The zero-order valence-corrected chi connectivity index (χ0v) is 8.82. The van der Waals surface area contributed by atoms with E-state index in [1.807, 2.05) is 42.5 Å². The zero-order valence-electron chi connectivity index (χ0n) is 7.40. The van der Waals surface area contributed by atoms with Gasteiger partial charge in [-0.3, -0.25) is 0 Å². The Hall–Kier alpha value is -0.534. The van der Waals surface area contributed by atoms with Crippen LogP contribution in [0.15, 0.2) is 54.6 Å². The van der Waals surface area contributed by atoms with Crippen LogP contribution in [0.25, 0.3) is 0 Å². The average molecular weight is 169 g/mol. The molecule has 0 atom stereocenters. The second-order valence-electron chi connectivity index (χ2n) is 2.42. The standard InChI is InChI=1S/C6H7.C5H5.Mg/c1-6-4-2-3-5-6;1-2-4-5-3-1;/h2-5H,1H3;1-5H;/q2*-1;+2. The summed E-state index contributed by atoms with van der Waals surface area (Å²) in [6, 6.07) is 18.2. The van der Waals surface area contributed by atoms with Crippen LogP contribution in [-0.2, 0) is 0 Å². The van der Waals surface area contributed by atoms with Crippen LogP contribution in [-0.4, -0.2) is 23.1 Å². The SMILES string of the molecule is C[c-]1cccc1.[Mg+2].c1cc[cH-]c1. The number of hydrogen-bond acceptors (Lipinski definition) is 0. The number of rotatable bonds is 0. The van der Waals surface area contributed by atoms with E-state index in [1.165, 1.54) is 5.56 Å². The third kappa shape index (κ3) is 5.16. The molecule has 0 bridgehead atoms. The van der Waals surface area contributed by atoms with Gasteiger partial charge >= 0.3 is 23.1 Å². The molecular weight excluding hydrogens is 156 g/mol. The molecule has 0 aliphatic rings. The van der Waals surface area contributed by atoms with E-state index in [9.17, 15) is 0 Å². The van der Waals surface area contributed by atoms with Crippen molar-refractivity contribution in [3.63, 3.8) is 0 Å². The van der Waals surface area contributed by atoms with Gasteiger partial charge in [0, 0.05) is 0 Å². The molecule has 1 heteroatoms. The topological polar surface area (TPSA) is 0 Å². The van der Waals surface area contributed by atoms with E-state index >= 15 is 0 Å². The van der Waals surface area contributed by atoms with E-state index in [-0.39, 0.29) is 23.1 Å². The van der Waals surface area contributed by atoms with Crippen LogP contribution >= 0.6 is 0 Å². The van der Waals surface area contributed by atoms with E-state index in [2.05, 4.69) is 19.1 Å². The Morgan fingerprint density at radius 2 is 1.42 bits per heavy atom. The molecule has 12 heavy (non-hydrogen) atoms. The summed E-state index contributed by atoms with van der Waals surface area (Å²) in [5.74, 6) is 0. The van der Waals surface area contributed by atoms with Crippen LogP contribution in [0.5, 0.6) is 0 Å². The summed E-state index contributed by atoms with van der Waals surface area (Å²) >= 11 is 0. The van der Waals surface area contributed by atoms with Crippen molar-refractivity contribution in [1.29, 1.82) is 0 Å². The molecule has 0 amide bonds. The number of hydrogen-bond donors (Lipinski definition) is 0. The average Bonchev–Trinajstić information content (AvgIpc) is 2.57. The fourth-order valence-corrected chi connectivity index (χ4v) is 0.791. The van der Waals surface area contributed by atoms with Crippen molar-refractivity contribution in [2.24, 2.45) is 0 Å². The molecule has 0 N–H and O–H groups in total. The summed E-state index contributed by atoms with van der Waals surface area (Å²) in [6.07, 6.45) is 0. The third-order valence-corrected chi connectivity index (χ3v) is 1.38.